The Kier molecular flexibility index (Phi) is 2.81. The summed E-state index contributed by atoms with van der Waals surface area (Å²) in [6, 6.07) is 7.77. The lowest BCUT2D eigenvalue weighted by Gasteiger charge is -2.37. The van der Waals surface area contributed by atoms with Crippen LogP contribution in [0, 0.1) is 5.41 Å². The average molecular weight is 257 g/mol. The van der Waals surface area contributed by atoms with E-state index in [2.05, 4.69) is 24.0 Å². The van der Waals surface area contributed by atoms with Gasteiger partial charge in [-0.05, 0) is 24.3 Å². The van der Waals surface area contributed by atoms with Crippen molar-refractivity contribution in [1.29, 1.82) is 0 Å². The number of aromatic amines is 1. The summed E-state index contributed by atoms with van der Waals surface area (Å²) in [6.07, 6.45) is 2.25. The first-order chi connectivity index (χ1) is 9.07. The Bertz CT molecular complexity index is 615. The Morgan fingerprint density at radius 1 is 1.37 bits per heavy atom. The fraction of sp³-hybridized carbons (Fsp3) is 0.467. The van der Waals surface area contributed by atoms with Gasteiger partial charge in [-0.2, -0.15) is 5.10 Å². The molecule has 0 saturated carbocycles. The quantitative estimate of drug-likeness (QED) is 0.854. The Labute approximate surface area is 112 Å². The van der Waals surface area contributed by atoms with Crippen molar-refractivity contribution in [2.75, 3.05) is 13.1 Å². The molecule has 1 aliphatic heterocycles. The highest BCUT2D eigenvalue weighted by Crippen LogP contribution is 2.29. The summed E-state index contributed by atoms with van der Waals surface area (Å²) in [7, 11) is 0. The van der Waals surface area contributed by atoms with E-state index in [9.17, 15) is 4.79 Å². The first-order valence-corrected chi connectivity index (χ1v) is 6.79. The number of piperidine rings is 1. The third kappa shape index (κ3) is 2.23. The van der Waals surface area contributed by atoms with Crippen LogP contribution in [0.3, 0.4) is 0 Å². The second-order valence-corrected chi connectivity index (χ2v) is 6.11. The highest BCUT2D eigenvalue weighted by atomic mass is 16.2. The summed E-state index contributed by atoms with van der Waals surface area (Å²) in [5.41, 5.74) is 1.68. The van der Waals surface area contributed by atoms with Crippen molar-refractivity contribution in [3.05, 3.63) is 30.0 Å². The van der Waals surface area contributed by atoms with Crippen molar-refractivity contribution >= 4 is 16.8 Å². The summed E-state index contributed by atoms with van der Waals surface area (Å²) in [4.78, 5) is 14.5. The highest BCUT2D eigenvalue weighted by molar-refractivity contribution is 6.04. The highest BCUT2D eigenvalue weighted by Gasteiger charge is 2.31. The van der Waals surface area contributed by atoms with Crippen LogP contribution in [-0.4, -0.2) is 34.1 Å². The molecule has 0 spiro atoms. The van der Waals surface area contributed by atoms with Crippen LogP contribution in [0.25, 0.3) is 10.9 Å². The predicted molar refractivity (Wildman–Crippen MR) is 75.0 cm³/mol. The summed E-state index contributed by atoms with van der Waals surface area (Å²) in [5, 5.41) is 8.05. The average Bonchev–Trinajstić information content (AvgIpc) is 2.80. The van der Waals surface area contributed by atoms with Gasteiger partial charge in [0.15, 0.2) is 5.69 Å². The molecule has 0 radical (unpaired) electrons. The summed E-state index contributed by atoms with van der Waals surface area (Å²) in [5.74, 6) is 0.0465. The molecule has 0 unspecified atom stereocenters. The van der Waals surface area contributed by atoms with E-state index < -0.39 is 0 Å². The second kappa shape index (κ2) is 4.37. The molecule has 0 bridgehead atoms. The third-order valence-electron chi connectivity index (χ3n) is 3.86. The molecule has 1 fully saturated rings. The Morgan fingerprint density at radius 2 is 2.16 bits per heavy atom. The monoisotopic (exact) mass is 257 g/mol. The van der Waals surface area contributed by atoms with Crippen molar-refractivity contribution in [3.63, 3.8) is 0 Å². The Hall–Kier alpha value is -1.84. The SMILES string of the molecule is CC1(C)CCCN(C(=O)c2n[nH]c3ccccc23)C1. The van der Waals surface area contributed by atoms with Crippen LogP contribution in [0.1, 0.15) is 37.2 Å². The zero-order valence-electron chi connectivity index (χ0n) is 11.4. The maximum Gasteiger partial charge on any atom is 0.275 e. The molecule has 4 heteroatoms. The Morgan fingerprint density at radius 3 is 2.95 bits per heavy atom. The minimum absolute atomic E-state index is 0.0465. The van der Waals surface area contributed by atoms with Crippen molar-refractivity contribution in [1.82, 2.24) is 15.1 Å². The van der Waals surface area contributed by atoms with Crippen molar-refractivity contribution in [3.8, 4) is 0 Å². The van der Waals surface area contributed by atoms with Gasteiger partial charge in [0.05, 0.1) is 5.52 Å². The van der Waals surface area contributed by atoms with E-state index in [4.69, 9.17) is 0 Å². The van der Waals surface area contributed by atoms with Gasteiger partial charge in [0.2, 0.25) is 0 Å². The fourth-order valence-electron chi connectivity index (χ4n) is 2.87. The fourth-order valence-corrected chi connectivity index (χ4v) is 2.87. The maximum atomic E-state index is 12.6. The van der Waals surface area contributed by atoms with Gasteiger partial charge in [0.25, 0.3) is 5.91 Å². The largest absolute Gasteiger partial charge is 0.337 e. The second-order valence-electron chi connectivity index (χ2n) is 6.11. The molecule has 0 atom stereocenters. The van der Waals surface area contributed by atoms with Crippen LogP contribution < -0.4 is 0 Å². The van der Waals surface area contributed by atoms with Crippen LogP contribution in [0.2, 0.25) is 0 Å². The number of nitrogens with one attached hydrogen (secondary N) is 1. The van der Waals surface area contributed by atoms with E-state index in [1.165, 1.54) is 6.42 Å². The van der Waals surface area contributed by atoms with Gasteiger partial charge in [-0.15, -0.1) is 0 Å². The van der Waals surface area contributed by atoms with Gasteiger partial charge in [-0.1, -0.05) is 32.0 Å². The van der Waals surface area contributed by atoms with Crippen LogP contribution in [0.4, 0.5) is 0 Å². The van der Waals surface area contributed by atoms with Crippen LogP contribution >= 0.6 is 0 Å². The molecule has 3 rings (SSSR count). The summed E-state index contributed by atoms with van der Waals surface area (Å²) in [6.45, 7) is 6.08. The van der Waals surface area contributed by atoms with E-state index in [1.807, 2.05) is 29.2 Å². The zero-order chi connectivity index (χ0) is 13.5. The molecule has 100 valence electrons. The molecule has 19 heavy (non-hydrogen) atoms. The minimum Gasteiger partial charge on any atom is -0.337 e. The number of likely N-dealkylation sites (tertiary alicyclic amines) is 1. The molecular weight excluding hydrogens is 238 g/mol. The normalized spacial score (nSPS) is 18.7. The van der Waals surface area contributed by atoms with Crippen LogP contribution in [0.15, 0.2) is 24.3 Å². The first kappa shape index (κ1) is 12.2. The number of rotatable bonds is 1. The molecule has 4 nitrogen and oxygen atoms in total. The standard InChI is InChI=1S/C15H19N3O/c1-15(2)8-5-9-18(10-15)14(19)13-11-6-3-4-7-12(11)16-17-13/h3-4,6-7H,5,8-10H2,1-2H3,(H,16,17). The van der Waals surface area contributed by atoms with Crippen LogP contribution in [-0.2, 0) is 0 Å². The third-order valence-corrected chi connectivity index (χ3v) is 3.86. The number of fused-ring (bicyclic) bond motifs is 1. The zero-order valence-corrected chi connectivity index (χ0v) is 11.4. The predicted octanol–water partition coefficient (Wildman–Crippen LogP) is 2.83. The number of aromatic nitrogens is 2. The first-order valence-electron chi connectivity index (χ1n) is 6.79. The van der Waals surface area contributed by atoms with E-state index in [0.29, 0.717) is 5.69 Å². The number of carbonyl (C=O) groups excluding carboxylic acids is 1. The Balaban J connectivity index is 1.91. The number of amides is 1. The molecule has 1 N–H and O–H groups in total. The number of carbonyl (C=O) groups is 1. The lowest BCUT2D eigenvalue weighted by molar-refractivity contribution is 0.0579. The molecule has 1 aromatic heterocycles. The van der Waals surface area contributed by atoms with Gasteiger partial charge in [-0.25, -0.2) is 0 Å². The lowest BCUT2D eigenvalue weighted by atomic mass is 9.84. The number of nitrogens with zero attached hydrogens (tertiary/aromatic N) is 2. The van der Waals surface area contributed by atoms with E-state index in [1.54, 1.807) is 0 Å². The summed E-state index contributed by atoms with van der Waals surface area (Å²) < 4.78 is 0. The molecular formula is C15H19N3O. The maximum absolute atomic E-state index is 12.6. The van der Waals surface area contributed by atoms with E-state index in [-0.39, 0.29) is 11.3 Å². The molecule has 2 heterocycles. The molecule has 1 amide bonds. The minimum atomic E-state index is 0.0465. The van der Waals surface area contributed by atoms with Gasteiger partial charge < -0.3 is 4.90 Å². The molecule has 1 aromatic carbocycles. The molecule has 2 aromatic rings. The van der Waals surface area contributed by atoms with Crippen molar-refractivity contribution in [2.45, 2.75) is 26.7 Å². The number of hydrogen-bond donors (Lipinski definition) is 1. The van der Waals surface area contributed by atoms with Gasteiger partial charge in [-0.3, -0.25) is 9.89 Å². The number of hydrogen-bond acceptors (Lipinski definition) is 2. The van der Waals surface area contributed by atoms with Gasteiger partial charge in [0, 0.05) is 18.5 Å². The van der Waals surface area contributed by atoms with Gasteiger partial charge in [0.1, 0.15) is 0 Å². The van der Waals surface area contributed by atoms with E-state index >= 15 is 0 Å². The van der Waals surface area contributed by atoms with E-state index in [0.717, 1.165) is 30.4 Å². The molecule has 1 aliphatic rings. The molecule has 1 saturated heterocycles. The smallest absolute Gasteiger partial charge is 0.275 e. The topological polar surface area (TPSA) is 49.0 Å². The van der Waals surface area contributed by atoms with Gasteiger partial charge >= 0.3 is 0 Å². The number of para-hydroxylation sites is 1. The van der Waals surface area contributed by atoms with Crippen molar-refractivity contribution < 1.29 is 4.79 Å². The summed E-state index contributed by atoms with van der Waals surface area (Å²) >= 11 is 0. The number of benzene rings is 1. The van der Waals surface area contributed by atoms with Crippen molar-refractivity contribution in [2.24, 2.45) is 5.41 Å². The number of H-pyrrole nitrogens is 1. The van der Waals surface area contributed by atoms with Crippen LogP contribution in [0.5, 0.6) is 0 Å². The lowest BCUT2D eigenvalue weighted by Crippen LogP contribution is -2.43. The molecule has 0 aliphatic carbocycles.